The van der Waals surface area contributed by atoms with E-state index in [2.05, 4.69) is 4.99 Å². The van der Waals surface area contributed by atoms with E-state index in [0.717, 1.165) is 22.9 Å². The molecule has 0 saturated heterocycles. The lowest BCUT2D eigenvalue weighted by Gasteiger charge is -2.10. The van der Waals surface area contributed by atoms with Gasteiger partial charge in [-0.05, 0) is 30.7 Å². The maximum absolute atomic E-state index is 12.7. The zero-order valence-corrected chi connectivity index (χ0v) is 12.7. The zero-order chi connectivity index (χ0) is 18.1. The molecule has 1 heterocycles. The molecule has 2 aromatic rings. The summed E-state index contributed by atoms with van der Waals surface area (Å²) in [7, 11) is 1.28. The van der Waals surface area contributed by atoms with Gasteiger partial charge < -0.3 is 5.11 Å². The zero-order valence-electron chi connectivity index (χ0n) is 12.7. The van der Waals surface area contributed by atoms with Gasteiger partial charge in [0.05, 0.1) is 16.8 Å². The smallest absolute Gasteiger partial charge is 0.416 e. The quantitative estimate of drug-likeness (QED) is 0.857. The number of aromatic hydroxyl groups is 1. The van der Waals surface area contributed by atoms with Gasteiger partial charge in [0.15, 0.2) is 0 Å². The average Bonchev–Trinajstić information content (AvgIpc) is 2.53. The second kappa shape index (κ2) is 6.20. The van der Waals surface area contributed by atoms with Crippen molar-refractivity contribution in [1.82, 2.24) is 4.57 Å². The molecule has 1 aromatic carbocycles. The molecule has 8 heteroatoms. The van der Waals surface area contributed by atoms with Crippen molar-refractivity contribution in [3.8, 4) is 11.9 Å². The van der Waals surface area contributed by atoms with E-state index in [4.69, 9.17) is 5.26 Å². The molecule has 24 heavy (non-hydrogen) atoms. The fourth-order valence-electron chi connectivity index (χ4n) is 2.10. The Bertz CT molecular complexity index is 922. The summed E-state index contributed by atoms with van der Waals surface area (Å²) in [6, 6.07) is 6.10. The summed E-state index contributed by atoms with van der Waals surface area (Å²) in [5.74, 6) is -0.424. The highest BCUT2D eigenvalue weighted by molar-refractivity contribution is 5.87. The number of rotatable bonds is 2. The van der Waals surface area contributed by atoms with Crippen LogP contribution in [0.5, 0.6) is 5.88 Å². The van der Waals surface area contributed by atoms with Crippen LogP contribution in [-0.2, 0) is 13.2 Å². The van der Waals surface area contributed by atoms with E-state index in [0.29, 0.717) is 0 Å². The molecule has 0 aliphatic rings. The topological polar surface area (TPSA) is 78.4 Å². The van der Waals surface area contributed by atoms with Crippen molar-refractivity contribution < 1.29 is 18.3 Å². The van der Waals surface area contributed by atoms with E-state index in [1.165, 1.54) is 26.1 Å². The number of pyridine rings is 1. The Balaban J connectivity index is 2.53. The van der Waals surface area contributed by atoms with Gasteiger partial charge in [-0.1, -0.05) is 6.07 Å². The summed E-state index contributed by atoms with van der Waals surface area (Å²) in [6.07, 6.45) is -3.37. The first-order chi connectivity index (χ1) is 11.2. The van der Waals surface area contributed by atoms with Crippen molar-refractivity contribution in [3.05, 3.63) is 56.9 Å². The molecular weight excluding hydrogens is 323 g/mol. The number of benzene rings is 1. The van der Waals surface area contributed by atoms with Crippen LogP contribution in [0.25, 0.3) is 0 Å². The second-order valence-electron chi connectivity index (χ2n) is 5.02. The summed E-state index contributed by atoms with van der Waals surface area (Å²) in [5, 5.41) is 19.1. The number of nitriles is 1. The fraction of sp³-hybridized carbons (Fsp3) is 0.188. The Labute approximate surface area is 134 Å². The van der Waals surface area contributed by atoms with E-state index in [1.54, 1.807) is 6.07 Å². The van der Waals surface area contributed by atoms with Gasteiger partial charge in [0.25, 0.3) is 5.56 Å². The van der Waals surface area contributed by atoms with Crippen molar-refractivity contribution in [2.75, 3.05) is 0 Å². The molecule has 2 rings (SSSR count). The molecule has 5 nitrogen and oxygen atoms in total. The third-order valence-electron chi connectivity index (χ3n) is 3.48. The van der Waals surface area contributed by atoms with Crippen molar-refractivity contribution in [2.24, 2.45) is 12.0 Å². The minimum atomic E-state index is -4.49. The van der Waals surface area contributed by atoms with Crippen LogP contribution in [0.3, 0.4) is 0 Å². The molecule has 1 aromatic heterocycles. The summed E-state index contributed by atoms with van der Waals surface area (Å²) in [5.41, 5.74) is -1.36. The lowest BCUT2D eigenvalue weighted by molar-refractivity contribution is -0.137. The molecule has 0 atom stereocenters. The molecule has 0 bridgehead atoms. The summed E-state index contributed by atoms with van der Waals surface area (Å²) in [6.45, 7) is 1.45. The predicted octanol–water partition coefficient (Wildman–Crippen LogP) is 3.04. The number of halogens is 3. The van der Waals surface area contributed by atoms with E-state index in [9.17, 15) is 23.1 Å². The van der Waals surface area contributed by atoms with Crippen LogP contribution in [0.1, 0.15) is 22.3 Å². The summed E-state index contributed by atoms with van der Waals surface area (Å²) < 4.78 is 38.9. The molecule has 0 radical (unpaired) electrons. The van der Waals surface area contributed by atoms with Gasteiger partial charge in [0, 0.05) is 13.3 Å². The Kier molecular flexibility index (Phi) is 4.46. The van der Waals surface area contributed by atoms with Gasteiger partial charge in [0.2, 0.25) is 5.88 Å². The van der Waals surface area contributed by atoms with Gasteiger partial charge in [0.1, 0.15) is 11.6 Å². The van der Waals surface area contributed by atoms with Crippen molar-refractivity contribution in [1.29, 1.82) is 5.26 Å². The van der Waals surface area contributed by atoms with Gasteiger partial charge in [-0.15, -0.1) is 0 Å². The summed E-state index contributed by atoms with van der Waals surface area (Å²) >= 11 is 0. The molecular formula is C16H12F3N3O2. The van der Waals surface area contributed by atoms with Gasteiger partial charge in [-0.2, -0.15) is 18.4 Å². The number of alkyl halides is 3. The van der Waals surface area contributed by atoms with E-state index in [-0.39, 0.29) is 22.4 Å². The van der Waals surface area contributed by atoms with Gasteiger partial charge >= 0.3 is 6.18 Å². The molecule has 0 spiro atoms. The largest absolute Gasteiger partial charge is 0.494 e. The van der Waals surface area contributed by atoms with E-state index in [1.807, 2.05) is 0 Å². The normalized spacial score (nSPS) is 11.7. The molecule has 0 aliphatic carbocycles. The summed E-state index contributed by atoms with van der Waals surface area (Å²) in [4.78, 5) is 15.7. The predicted molar refractivity (Wildman–Crippen MR) is 81.5 cm³/mol. The Morgan fingerprint density at radius 2 is 2.04 bits per heavy atom. The lowest BCUT2D eigenvalue weighted by atomic mass is 10.1. The number of aromatic nitrogens is 1. The first-order valence-corrected chi connectivity index (χ1v) is 6.70. The average molecular weight is 335 g/mol. The van der Waals surface area contributed by atoms with Crippen molar-refractivity contribution in [2.45, 2.75) is 13.1 Å². The molecule has 0 amide bonds. The van der Waals surface area contributed by atoms with Crippen molar-refractivity contribution >= 4 is 11.9 Å². The highest BCUT2D eigenvalue weighted by atomic mass is 19.4. The van der Waals surface area contributed by atoms with E-state index >= 15 is 0 Å². The van der Waals surface area contributed by atoms with Gasteiger partial charge in [-0.25, -0.2) is 0 Å². The van der Waals surface area contributed by atoms with Crippen LogP contribution in [0.2, 0.25) is 0 Å². The fourth-order valence-corrected chi connectivity index (χ4v) is 2.10. The first kappa shape index (κ1) is 17.3. The lowest BCUT2D eigenvalue weighted by Crippen LogP contribution is -2.22. The third-order valence-corrected chi connectivity index (χ3v) is 3.48. The highest BCUT2D eigenvalue weighted by Gasteiger charge is 2.30. The van der Waals surface area contributed by atoms with Crippen molar-refractivity contribution in [3.63, 3.8) is 0 Å². The Hall–Kier alpha value is -3.08. The molecule has 0 aliphatic heterocycles. The minimum absolute atomic E-state index is 0.0241. The monoisotopic (exact) mass is 335 g/mol. The van der Waals surface area contributed by atoms with Crippen LogP contribution in [0, 0.1) is 18.3 Å². The molecule has 0 fully saturated rings. The van der Waals surface area contributed by atoms with Crippen LogP contribution < -0.4 is 5.56 Å². The number of hydrogen-bond acceptors (Lipinski definition) is 4. The maximum Gasteiger partial charge on any atom is 0.416 e. The third kappa shape index (κ3) is 3.15. The highest BCUT2D eigenvalue weighted by Crippen LogP contribution is 2.31. The Morgan fingerprint density at radius 3 is 2.62 bits per heavy atom. The Morgan fingerprint density at radius 1 is 1.38 bits per heavy atom. The number of aliphatic imine (C=N–C) groups is 1. The molecule has 1 N–H and O–H groups in total. The standard InChI is InChI=1S/C16H12F3N3O2/c1-9-12(7-20)14(23)22(2)15(24)13(9)8-21-11-5-3-4-10(6-11)16(17,18)19/h3-6,8,24H,1-2H3. The van der Waals surface area contributed by atoms with Crippen LogP contribution in [0.15, 0.2) is 34.1 Å². The molecule has 0 saturated carbocycles. The molecule has 124 valence electrons. The van der Waals surface area contributed by atoms with E-state index < -0.39 is 23.2 Å². The maximum atomic E-state index is 12.7. The van der Waals surface area contributed by atoms with Crippen LogP contribution in [0.4, 0.5) is 18.9 Å². The minimum Gasteiger partial charge on any atom is -0.494 e. The van der Waals surface area contributed by atoms with Crippen LogP contribution in [-0.4, -0.2) is 15.9 Å². The van der Waals surface area contributed by atoms with Crippen LogP contribution >= 0.6 is 0 Å². The number of nitrogens with zero attached hydrogens (tertiary/aromatic N) is 3. The SMILES string of the molecule is Cc1c(C=Nc2cccc(C(F)(F)F)c2)c(O)n(C)c(=O)c1C#N. The first-order valence-electron chi connectivity index (χ1n) is 6.70. The number of hydrogen-bond donors (Lipinski definition) is 1. The van der Waals surface area contributed by atoms with Gasteiger partial charge in [-0.3, -0.25) is 14.4 Å². The second-order valence-corrected chi connectivity index (χ2v) is 5.02. The molecule has 0 unspecified atom stereocenters.